The van der Waals surface area contributed by atoms with Crippen LogP contribution < -0.4 is 11.4 Å². The van der Waals surface area contributed by atoms with Crippen molar-refractivity contribution in [1.29, 1.82) is 5.41 Å². The molecule has 0 saturated heterocycles. The third-order valence-corrected chi connectivity index (χ3v) is 4.41. The van der Waals surface area contributed by atoms with Crippen molar-refractivity contribution in [1.82, 2.24) is 14.3 Å². The van der Waals surface area contributed by atoms with Gasteiger partial charge in [-0.3, -0.25) is 10.2 Å². The minimum atomic E-state index is -0.842. The predicted molar refractivity (Wildman–Crippen MR) is 106 cm³/mol. The highest BCUT2D eigenvalue weighted by Gasteiger charge is 2.15. The summed E-state index contributed by atoms with van der Waals surface area (Å²) < 4.78 is 2.86. The van der Waals surface area contributed by atoms with Gasteiger partial charge in [0.15, 0.2) is 0 Å². The fourth-order valence-electron chi connectivity index (χ4n) is 2.91. The second-order valence-corrected chi connectivity index (χ2v) is 6.32. The first-order chi connectivity index (χ1) is 13.4. The van der Waals surface area contributed by atoms with Crippen molar-refractivity contribution in [3.63, 3.8) is 0 Å². The van der Waals surface area contributed by atoms with Crippen LogP contribution in [0.1, 0.15) is 30.3 Å². The van der Waals surface area contributed by atoms with Crippen LogP contribution in [0.15, 0.2) is 53.3 Å². The molecule has 0 radical (unpaired) electrons. The number of aliphatic carboxylic acids is 1. The molecule has 4 N–H and O–H groups in total. The molecule has 0 saturated carbocycles. The van der Waals surface area contributed by atoms with Crippen LogP contribution in [0.5, 0.6) is 0 Å². The molecular formula is C20H21N5O3. The lowest BCUT2D eigenvalue weighted by Gasteiger charge is -2.05. The Bertz CT molecular complexity index is 1060. The first-order valence-electron chi connectivity index (χ1n) is 8.87. The molecule has 8 nitrogen and oxygen atoms in total. The molecule has 0 amide bonds. The van der Waals surface area contributed by atoms with Crippen LogP contribution in [0.2, 0.25) is 0 Å². The smallest absolute Gasteiger partial charge is 0.355 e. The van der Waals surface area contributed by atoms with Gasteiger partial charge in [0.25, 0.3) is 0 Å². The SMILES string of the molecule is CCc1nn(-c2ccc(C(=N)N)cc2)c(=O)n1-c1ccc(CCC(=O)O)cc1. The normalized spacial score (nSPS) is 10.8. The number of hydrogen-bond acceptors (Lipinski definition) is 4. The maximum absolute atomic E-state index is 13.0. The molecule has 28 heavy (non-hydrogen) atoms. The van der Waals surface area contributed by atoms with Gasteiger partial charge in [0, 0.05) is 18.4 Å². The monoisotopic (exact) mass is 379 g/mol. The summed E-state index contributed by atoms with van der Waals surface area (Å²) in [6, 6.07) is 14.0. The number of carbonyl (C=O) groups is 1. The average molecular weight is 379 g/mol. The Morgan fingerprint density at radius 1 is 1.11 bits per heavy atom. The molecule has 1 heterocycles. The number of rotatable bonds is 7. The lowest BCUT2D eigenvalue weighted by Crippen LogP contribution is -2.23. The molecule has 0 spiro atoms. The summed E-state index contributed by atoms with van der Waals surface area (Å²) in [4.78, 5) is 23.7. The van der Waals surface area contributed by atoms with E-state index < -0.39 is 5.97 Å². The van der Waals surface area contributed by atoms with Gasteiger partial charge < -0.3 is 10.8 Å². The second kappa shape index (κ2) is 7.91. The van der Waals surface area contributed by atoms with E-state index in [1.807, 2.05) is 19.1 Å². The third-order valence-electron chi connectivity index (χ3n) is 4.41. The molecule has 0 bridgehead atoms. The van der Waals surface area contributed by atoms with Crippen molar-refractivity contribution in [2.24, 2.45) is 5.73 Å². The molecule has 3 rings (SSSR count). The Morgan fingerprint density at radius 3 is 2.25 bits per heavy atom. The van der Waals surface area contributed by atoms with Gasteiger partial charge in [-0.1, -0.05) is 19.1 Å². The van der Waals surface area contributed by atoms with Crippen molar-refractivity contribution in [3.8, 4) is 11.4 Å². The summed E-state index contributed by atoms with van der Waals surface area (Å²) in [6.45, 7) is 1.92. The molecule has 0 aliphatic carbocycles. The van der Waals surface area contributed by atoms with Gasteiger partial charge >= 0.3 is 11.7 Å². The summed E-state index contributed by atoms with van der Waals surface area (Å²) >= 11 is 0. The summed E-state index contributed by atoms with van der Waals surface area (Å²) in [6.07, 6.45) is 1.06. The van der Waals surface area contributed by atoms with Gasteiger partial charge in [-0.25, -0.2) is 9.36 Å². The highest BCUT2D eigenvalue weighted by Crippen LogP contribution is 2.14. The number of amidine groups is 1. The third kappa shape index (κ3) is 3.85. The van der Waals surface area contributed by atoms with Crippen molar-refractivity contribution < 1.29 is 9.90 Å². The standard InChI is InChI=1S/C20H21N5O3/c1-2-17-23-25(16-10-6-14(7-11-16)19(21)22)20(28)24(17)15-8-3-13(4-9-15)5-12-18(26)27/h3-4,6-11H,2,5,12H2,1H3,(H3,21,22)(H,26,27). The van der Waals surface area contributed by atoms with Crippen molar-refractivity contribution in [3.05, 3.63) is 76.0 Å². The van der Waals surface area contributed by atoms with E-state index in [9.17, 15) is 9.59 Å². The summed E-state index contributed by atoms with van der Waals surface area (Å²) in [5.74, 6) is -0.272. The minimum absolute atomic E-state index is 0.0401. The van der Waals surface area contributed by atoms with Crippen LogP contribution in [-0.2, 0) is 17.6 Å². The first-order valence-corrected chi connectivity index (χ1v) is 8.87. The number of aryl methyl sites for hydroxylation is 2. The lowest BCUT2D eigenvalue weighted by molar-refractivity contribution is -0.136. The average Bonchev–Trinajstić information content (AvgIpc) is 3.03. The molecule has 0 atom stereocenters. The quantitative estimate of drug-likeness (QED) is 0.427. The van der Waals surface area contributed by atoms with Crippen LogP contribution in [0.25, 0.3) is 11.4 Å². The molecule has 0 unspecified atom stereocenters. The molecule has 0 fully saturated rings. The second-order valence-electron chi connectivity index (χ2n) is 6.32. The highest BCUT2D eigenvalue weighted by molar-refractivity contribution is 5.95. The summed E-state index contributed by atoms with van der Waals surface area (Å²) in [7, 11) is 0. The Kier molecular flexibility index (Phi) is 5.39. The number of hydrogen-bond donors (Lipinski definition) is 3. The molecule has 1 aromatic heterocycles. The van der Waals surface area contributed by atoms with Gasteiger partial charge in [-0.05, 0) is 48.4 Å². The van der Waals surface area contributed by atoms with Gasteiger partial charge in [0.1, 0.15) is 11.7 Å². The van der Waals surface area contributed by atoms with Crippen LogP contribution in [0.4, 0.5) is 0 Å². The number of nitrogens with two attached hydrogens (primary N) is 1. The predicted octanol–water partition coefficient (Wildman–Crippen LogP) is 1.89. The zero-order valence-corrected chi connectivity index (χ0v) is 15.4. The molecular weight excluding hydrogens is 358 g/mol. The van der Waals surface area contributed by atoms with Crippen molar-refractivity contribution in [2.75, 3.05) is 0 Å². The molecule has 0 aliphatic heterocycles. The fourth-order valence-corrected chi connectivity index (χ4v) is 2.91. The van der Waals surface area contributed by atoms with Crippen molar-refractivity contribution in [2.45, 2.75) is 26.2 Å². The number of nitrogens with zero attached hydrogens (tertiary/aromatic N) is 3. The zero-order valence-electron chi connectivity index (χ0n) is 15.4. The van der Waals surface area contributed by atoms with Crippen LogP contribution in [-0.4, -0.2) is 31.3 Å². The Labute approximate surface area is 161 Å². The van der Waals surface area contributed by atoms with Gasteiger partial charge in [-0.15, -0.1) is 5.10 Å². The van der Waals surface area contributed by atoms with E-state index in [-0.39, 0.29) is 17.9 Å². The fraction of sp³-hybridized carbons (Fsp3) is 0.200. The van der Waals surface area contributed by atoms with Crippen molar-refractivity contribution >= 4 is 11.8 Å². The Balaban J connectivity index is 1.97. The largest absolute Gasteiger partial charge is 0.481 e. The van der Waals surface area contributed by atoms with E-state index in [4.69, 9.17) is 16.2 Å². The number of nitrogens with one attached hydrogen (secondary N) is 1. The topological polar surface area (TPSA) is 127 Å². The van der Waals surface area contributed by atoms with E-state index in [0.29, 0.717) is 35.6 Å². The zero-order chi connectivity index (χ0) is 20.3. The number of nitrogen functional groups attached to an aromatic ring is 1. The Hall–Kier alpha value is -3.68. The van der Waals surface area contributed by atoms with Crippen LogP contribution >= 0.6 is 0 Å². The molecule has 3 aromatic rings. The van der Waals surface area contributed by atoms with Gasteiger partial charge in [0.05, 0.1) is 11.4 Å². The molecule has 0 aliphatic rings. The van der Waals surface area contributed by atoms with Gasteiger partial charge in [0.2, 0.25) is 0 Å². The van der Waals surface area contributed by atoms with E-state index in [0.717, 1.165) is 5.56 Å². The van der Waals surface area contributed by atoms with Crippen LogP contribution in [0, 0.1) is 5.41 Å². The highest BCUT2D eigenvalue weighted by atomic mass is 16.4. The molecule has 2 aromatic carbocycles. The van der Waals surface area contributed by atoms with E-state index >= 15 is 0 Å². The minimum Gasteiger partial charge on any atom is -0.481 e. The van der Waals surface area contributed by atoms with E-state index in [1.165, 1.54) is 4.68 Å². The number of carboxylic acids is 1. The Morgan fingerprint density at radius 2 is 1.71 bits per heavy atom. The molecule has 8 heteroatoms. The van der Waals surface area contributed by atoms with Crippen LogP contribution in [0.3, 0.4) is 0 Å². The van der Waals surface area contributed by atoms with E-state index in [1.54, 1.807) is 41.0 Å². The number of benzene rings is 2. The summed E-state index contributed by atoms with van der Waals surface area (Å²) in [5.41, 5.74) is 7.90. The number of aromatic nitrogens is 3. The summed E-state index contributed by atoms with van der Waals surface area (Å²) in [5, 5.41) is 20.7. The molecule has 144 valence electrons. The maximum Gasteiger partial charge on any atom is 0.355 e. The first kappa shape index (κ1) is 19.1. The van der Waals surface area contributed by atoms with E-state index in [2.05, 4.69) is 5.10 Å². The van der Waals surface area contributed by atoms with Gasteiger partial charge in [-0.2, -0.15) is 4.68 Å². The lowest BCUT2D eigenvalue weighted by atomic mass is 10.1. The number of carboxylic acid groups (broad SMARTS) is 1. The maximum atomic E-state index is 13.0.